The van der Waals surface area contributed by atoms with Crippen molar-refractivity contribution in [3.8, 4) is 11.4 Å². The topological polar surface area (TPSA) is 25.8 Å². The number of benzene rings is 1. The molecule has 0 saturated heterocycles. The molecule has 2 rings (SSSR count). The van der Waals surface area contributed by atoms with Crippen LogP contribution in [0.3, 0.4) is 0 Å². The molecule has 1 unspecified atom stereocenters. The minimum Gasteiger partial charge on any atom is -0.236 e. The van der Waals surface area contributed by atoms with E-state index in [0.29, 0.717) is 0 Å². The van der Waals surface area contributed by atoms with Gasteiger partial charge < -0.3 is 0 Å². The average molecular weight is 465 g/mol. The molecule has 34 heavy (non-hydrogen) atoms. The van der Waals surface area contributed by atoms with Crippen LogP contribution in [0.1, 0.15) is 135 Å². The molecule has 1 aromatic heterocycles. The summed E-state index contributed by atoms with van der Waals surface area (Å²) in [5, 5.41) is 0. The van der Waals surface area contributed by atoms with Gasteiger partial charge in [0.1, 0.15) is 0 Å². The van der Waals surface area contributed by atoms with Gasteiger partial charge in [0, 0.05) is 18.0 Å². The van der Waals surface area contributed by atoms with Crippen LogP contribution in [0.5, 0.6) is 0 Å². The molecule has 2 aromatic rings. The van der Waals surface area contributed by atoms with Gasteiger partial charge >= 0.3 is 0 Å². The summed E-state index contributed by atoms with van der Waals surface area (Å²) in [4.78, 5) is 9.30. The van der Waals surface area contributed by atoms with Gasteiger partial charge in [0.25, 0.3) is 0 Å². The lowest BCUT2D eigenvalue weighted by Crippen LogP contribution is -1.94. The summed E-state index contributed by atoms with van der Waals surface area (Å²) in [5.41, 5.74) is 3.83. The number of nitrogens with zero attached hydrogens (tertiary/aromatic N) is 2. The molecule has 0 radical (unpaired) electrons. The van der Waals surface area contributed by atoms with Crippen molar-refractivity contribution >= 4 is 0 Å². The Morgan fingerprint density at radius 2 is 1.09 bits per heavy atom. The Balaban J connectivity index is 1.58. The molecule has 2 nitrogen and oxygen atoms in total. The van der Waals surface area contributed by atoms with Crippen molar-refractivity contribution < 1.29 is 0 Å². The Morgan fingerprint density at radius 1 is 0.588 bits per heavy atom. The maximum absolute atomic E-state index is 4.65. The van der Waals surface area contributed by atoms with Gasteiger partial charge in [0.2, 0.25) is 0 Å². The first-order valence-electron chi connectivity index (χ1n) is 14.6. The van der Waals surface area contributed by atoms with Crippen LogP contribution in [0.25, 0.3) is 11.4 Å². The third kappa shape index (κ3) is 12.7. The van der Waals surface area contributed by atoms with E-state index in [4.69, 9.17) is 0 Å². The molecule has 0 fully saturated rings. The van der Waals surface area contributed by atoms with Gasteiger partial charge in [-0.15, -0.1) is 0 Å². The standard InChI is InChI=1S/C32H52N2/c1-4-6-7-8-9-10-11-12-13-18-21-30-26-33-32(34-27-30)31-24-22-29(23-25-31)20-17-15-14-16-19-28(3)5-2/h22-28H,4-21H2,1-3H3. The first kappa shape index (κ1) is 28.5. The van der Waals surface area contributed by atoms with Crippen molar-refractivity contribution in [3.63, 3.8) is 0 Å². The van der Waals surface area contributed by atoms with Gasteiger partial charge in [0.05, 0.1) is 0 Å². The molecule has 1 heterocycles. The van der Waals surface area contributed by atoms with Crippen LogP contribution in [0.2, 0.25) is 0 Å². The lowest BCUT2D eigenvalue weighted by atomic mass is 9.99. The summed E-state index contributed by atoms with van der Waals surface area (Å²) < 4.78 is 0. The molecule has 0 aliphatic heterocycles. The molecule has 0 aliphatic rings. The molecule has 0 aliphatic carbocycles. The second-order valence-corrected chi connectivity index (χ2v) is 10.5. The Morgan fingerprint density at radius 3 is 1.65 bits per heavy atom. The van der Waals surface area contributed by atoms with E-state index in [1.807, 2.05) is 12.4 Å². The van der Waals surface area contributed by atoms with Gasteiger partial charge in [-0.05, 0) is 42.7 Å². The Kier molecular flexibility index (Phi) is 15.6. The van der Waals surface area contributed by atoms with Gasteiger partial charge in [-0.1, -0.05) is 135 Å². The fourth-order valence-corrected chi connectivity index (χ4v) is 4.65. The maximum Gasteiger partial charge on any atom is 0.159 e. The molecular formula is C32H52N2. The quantitative estimate of drug-likeness (QED) is 0.182. The highest BCUT2D eigenvalue weighted by Crippen LogP contribution is 2.19. The zero-order chi connectivity index (χ0) is 24.3. The molecule has 0 N–H and O–H groups in total. The highest BCUT2D eigenvalue weighted by molar-refractivity contribution is 5.55. The predicted octanol–water partition coefficient (Wildman–Crippen LogP) is 10.1. The lowest BCUT2D eigenvalue weighted by Gasteiger charge is -2.08. The molecule has 1 atom stereocenters. The molecule has 190 valence electrons. The Labute approximate surface area is 211 Å². The van der Waals surface area contributed by atoms with E-state index < -0.39 is 0 Å². The molecule has 0 bridgehead atoms. The second-order valence-electron chi connectivity index (χ2n) is 10.5. The number of unbranched alkanes of at least 4 members (excludes halogenated alkanes) is 12. The van der Waals surface area contributed by atoms with Crippen LogP contribution >= 0.6 is 0 Å². The monoisotopic (exact) mass is 464 g/mol. The minimum atomic E-state index is 0.850. The highest BCUT2D eigenvalue weighted by Gasteiger charge is 2.03. The van der Waals surface area contributed by atoms with Crippen molar-refractivity contribution in [1.82, 2.24) is 9.97 Å². The first-order valence-corrected chi connectivity index (χ1v) is 14.6. The number of aryl methyl sites for hydroxylation is 2. The average Bonchev–Trinajstić information content (AvgIpc) is 2.88. The lowest BCUT2D eigenvalue weighted by molar-refractivity contribution is 0.475. The predicted molar refractivity (Wildman–Crippen MR) is 149 cm³/mol. The SMILES string of the molecule is CCCCCCCCCCCCc1cnc(-c2ccc(CCCCCCC(C)CC)cc2)nc1. The molecule has 2 heteroatoms. The van der Waals surface area contributed by atoms with Gasteiger partial charge in [0.15, 0.2) is 5.82 Å². The van der Waals surface area contributed by atoms with Crippen molar-refractivity contribution in [2.24, 2.45) is 5.92 Å². The van der Waals surface area contributed by atoms with Crippen LogP contribution in [-0.4, -0.2) is 9.97 Å². The fraction of sp³-hybridized carbons (Fsp3) is 0.688. The van der Waals surface area contributed by atoms with Crippen LogP contribution in [-0.2, 0) is 12.8 Å². The summed E-state index contributed by atoms with van der Waals surface area (Å²) in [7, 11) is 0. The van der Waals surface area contributed by atoms with Crippen LogP contribution < -0.4 is 0 Å². The highest BCUT2D eigenvalue weighted by atomic mass is 14.9. The number of hydrogen-bond acceptors (Lipinski definition) is 2. The van der Waals surface area contributed by atoms with Gasteiger partial charge in [-0.3, -0.25) is 0 Å². The maximum atomic E-state index is 4.65. The number of aromatic nitrogens is 2. The number of hydrogen-bond donors (Lipinski definition) is 0. The largest absolute Gasteiger partial charge is 0.236 e. The normalized spacial score (nSPS) is 12.2. The van der Waals surface area contributed by atoms with Crippen LogP contribution in [0.4, 0.5) is 0 Å². The van der Waals surface area contributed by atoms with Crippen molar-refractivity contribution in [2.45, 2.75) is 136 Å². The molecule has 0 spiro atoms. The smallest absolute Gasteiger partial charge is 0.159 e. The van der Waals surface area contributed by atoms with E-state index in [2.05, 4.69) is 55.0 Å². The molecular weight excluding hydrogens is 412 g/mol. The summed E-state index contributed by atoms with van der Waals surface area (Å²) in [6.45, 7) is 6.96. The summed E-state index contributed by atoms with van der Waals surface area (Å²) in [6.07, 6.45) is 28.3. The molecule has 0 amide bonds. The minimum absolute atomic E-state index is 0.850. The van der Waals surface area contributed by atoms with E-state index in [9.17, 15) is 0 Å². The van der Waals surface area contributed by atoms with Crippen molar-refractivity contribution in [1.29, 1.82) is 0 Å². The van der Waals surface area contributed by atoms with E-state index in [-0.39, 0.29) is 0 Å². The zero-order valence-electron chi connectivity index (χ0n) is 22.7. The Hall–Kier alpha value is -1.70. The van der Waals surface area contributed by atoms with E-state index >= 15 is 0 Å². The second kappa shape index (κ2) is 18.6. The van der Waals surface area contributed by atoms with Gasteiger partial charge in [-0.25, -0.2) is 9.97 Å². The Bertz CT molecular complexity index is 720. The summed E-state index contributed by atoms with van der Waals surface area (Å²) >= 11 is 0. The molecule has 0 saturated carbocycles. The van der Waals surface area contributed by atoms with Crippen molar-refractivity contribution in [2.75, 3.05) is 0 Å². The van der Waals surface area contributed by atoms with E-state index in [1.54, 1.807) is 0 Å². The molecule has 1 aromatic carbocycles. The summed E-state index contributed by atoms with van der Waals surface area (Å²) in [6, 6.07) is 8.90. The van der Waals surface area contributed by atoms with Crippen LogP contribution in [0, 0.1) is 5.92 Å². The summed E-state index contributed by atoms with van der Waals surface area (Å²) in [5.74, 6) is 1.74. The first-order chi connectivity index (χ1) is 16.7. The fourth-order valence-electron chi connectivity index (χ4n) is 4.65. The van der Waals surface area contributed by atoms with E-state index in [0.717, 1.165) is 23.7 Å². The van der Waals surface area contributed by atoms with E-state index in [1.165, 1.54) is 120 Å². The van der Waals surface area contributed by atoms with Gasteiger partial charge in [-0.2, -0.15) is 0 Å². The van der Waals surface area contributed by atoms with Crippen molar-refractivity contribution in [3.05, 3.63) is 47.8 Å². The third-order valence-electron chi connectivity index (χ3n) is 7.35. The zero-order valence-corrected chi connectivity index (χ0v) is 22.7. The third-order valence-corrected chi connectivity index (χ3v) is 7.35. The number of rotatable bonds is 20. The van der Waals surface area contributed by atoms with Crippen LogP contribution in [0.15, 0.2) is 36.7 Å².